The molecule has 6 nitrogen and oxygen atoms in total. The standard InChI is InChI=1S/C18H17ClN2O4/c1-9-6-12(19)4-5-13(9)25-8-14(22)20-21-17(23)15-10-2-3-11(7-10)16(15)18(21)24/h2-6,10-11,15-16H,7-8H2,1H3,(H,20,22)/t10-,11-,15-,16+/m0/s1. The lowest BCUT2D eigenvalue weighted by molar-refractivity contribution is -0.150. The van der Waals surface area contributed by atoms with Crippen molar-refractivity contribution in [1.82, 2.24) is 10.4 Å². The summed E-state index contributed by atoms with van der Waals surface area (Å²) in [7, 11) is 0. The van der Waals surface area contributed by atoms with Gasteiger partial charge in [0.15, 0.2) is 6.61 Å². The molecule has 1 saturated heterocycles. The van der Waals surface area contributed by atoms with E-state index in [0.29, 0.717) is 10.8 Å². The molecule has 0 spiro atoms. The van der Waals surface area contributed by atoms with E-state index in [9.17, 15) is 14.4 Å². The van der Waals surface area contributed by atoms with E-state index in [1.165, 1.54) is 0 Å². The molecule has 1 N–H and O–H groups in total. The smallest absolute Gasteiger partial charge is 0.276 e. The molecular formula is C18H17ClN2O4. The molecule has 0 radical (unpaired) electrons. The zero-order chi connectivity index (χ0) is 17.7. The fourth-order valence-corrected chi connectivity index (χ4v) is 4.31. The van der Waals surface area contributed by atoms with Gasteiger partial charge in [0.25, 0.3) is 17.7 Å². The average molecular weight is 361 g/mol. The highest BCUT2D eigenvalue weighted by molar-refractivity contribution is 6.30. The number of ether oxygens (including phenoxy) is 1. The van der Waals surface area contributed by atoms with Crippen molar-refractivity contribution in [1.29, 1.82) is 0 Å². The van der Waals surface area contributed by atoms with Gasteiger partial charge in [-0.1, -0.05) is 23.8 Å². The summed E-state index contributed by atoms with van der Waals surface area (Å²) in [5.41, 5.74) is 3.19. The number of amides is 3. The summed E-state index contributed by atoms with van der Waals surface area (Å²) in [4.78, 5) is 37.1. The van der Waals surface area contributed by atoms with Gasteiger partial charge in [0.05, 0.1) is 11.8 Å². The van der Waals surface area contributed by atoms with Crippen molar-refractivity contribution in [3.8, 4) is 5.75 Å². The number of nitrogens with zero attached hydrogens (tertiary/aromatic N) is 1. The molecule has 0 aromatic heterocycles. The minimum Gasteiger partial charge on any atom is -0.483 e. The van der Waals surface area contributed by atoms with Crippen molar-refractivity contribution in [3.05, 3.63) is 40.9 Å². The lowest BCUT2D eigenvalue weighted by atomic mass is 9.85. The van der Waals surface area contributed by atoms with Crippen LogP contribution in [0.1, 0.15) is 12.0 Å². The summed E-state index contributed by atoms with van der Waals surface area (Å²) in [6, 6.07) is 5.07. The summed E-state index contributed by atoms with van der Waals surface area (Å²) < 4.78 is 5.45. The molecule has 1 heterocycles. The molecule has 130 valence electrons. The van der Waals surface area contributed by atoms with Crippen molar-refractivity contribution < 1.29 is 19.1 Å². The van der Waals surface area contributed by atoms with Crippen LogP contribution in [0.3, 0.4) is 0 Å². The molecular weight excluding hydrogens is 344 g/mol. The highest BCUT2D eigenvalue weighted by Crippen LogP contribution is 2.52. The van der Waals surface area contributed by atoms with Crippen LogP contribution >= 0.6 is 11.6 Å². The highest BCUT2D eigenvalue weighted by Gasteiger charge is 2.59. The SMILES string of the molecule is Cc1cc(Cl)ccc1OCC(=O)NN1C(=O)[C@@H]2[C@H](C1=O)[C@H]1C=C[C@H]2C1. The Balaban J connectivity index is 1.38. The van der Waals surface area contributed by atoms with E-state index in [1.807, 2.05) is 19.1 Å². The number of carbonyl (C=O) groups excluding carboxylic acids is 3. The van der Waals surface area contributed by atoms with E-state index in [2.05, 4.69) is 5.43 Å². The average Bonchev–Trinajstić information content (AvgIpc) is 3.24. The fraction of sp³-hybridized carbons (Fsp3) is 0.389. The minimum absolute atomic E-state index is 0.112. The zero-order valence-electron chi connectivity index (χ0n) is 13.6. The van der Waals surface area contributed by atoms with E-state index in [-0.39, 0.29) is 42.1 Å². The number of rotatable bonds is 4. The predicted octanol–water partition coefficient (Wildman–Crippen LogP) is 1.87. The molecule has 1 aromatic rings. The number of nitrogens with one attached hydrogen (secondary N) is 1. The zero-order valence-corrected chi connectivity index (χ0v) is 14.3. The normalized spacial score (nSPS) is 29.3. The molecule has 7 heteroatoms. The van der Waals surface area contributed by atoms with Crippen LogP contribution in [0.4, 0.5) is 0 Å². The molecule has 1 aliphatic heterocycles. The largest absolute Gasteiger partial charge is 0.483 e. The Morgan fingerprint density at radius 1 is 1.24 bits per heavy atom. The Morgan fingerprint density at radius 2 is 1.88 bits per heavy atom. The number of hydrogen-bond donors (Lipinski definition) is 1. The monoisotopic (exact) mass is 360 g/mol. The Hall–Kier alpha value is -2.34. The van der Waals surface area contributed by atoms with Crippen LogP contribution < -0.4 is 10.2 Å². The number of allylic oxidation sites excluding steroid dienone is 2. The van der Waals surface area contributed by atoms with Crippen LogP contribution in [-0.2, 0) is 14.4 Å². The highest BCUT2D eigenvalue weighted by atomic mass is 35.5. The second-order valence-corrected chi connectivity index (χ2v) is 7.18. The van der Waals surface area contributed by atoms with Gasteiger partial charge in [-0.15, -0.1) is 0 Å². The van der Waals surface area contributed by atoms with Crippen molar-refractivity contribution in [2.45, 2.75) is 13.3 Å². The Labute approximate surface area is 149 Å². The quantitative estimate of drug-likeness (QED) is 0.657. The third-order valence-corrected chi connectivity index (χ3v) is 5.44. The second-order valence-electron chi connectivity index (χ2n) is 6.75. The van der Waals surface area contributed by atoms with Crippen molar-refractivity contribution in [3.63, 3.8) is 0 Å². The van der Waals surface area contributed by atoms with E-state index < -0.39 is 5.91 Å². The van der Waals surface area contributed by atoms with Crippen molar-refractivity contribution in [2.75, 3.05) is 6.61 Å². The lowest BCUT2D eigenvalue weighted by Gasteiger charge is -2.18. The Kier molecular flexibility index (Phi) is 3.80. The summed E-state index contributed by atoms with van der Waals surface area (Å²) in [6.45, 7) is 1.52. The van der Waals surface area contributed by atoms with Crippen LogP contribution in [-0.4, -0.2) is 29.3 Å². The molecule has 1 saturated carbocycles. The molecule has 2 bridgehead atoms. The van der Waals surface area contributed by atoms with Gasteiger partial charge in [-0.05, 0) is 48.9 Å². The van der Waals surface area contributed by atoms with E-state index in [1.54, 1.807) is 18.2 Å². The van der Waals surface area contributed by atoms with E-state index >= 15 is 0 Å². The van der Waals surface area contributed by atoms with Gasteiger partial charge in [-0.2, -0.15) is 5.01 Å². The molecule has 2 fully saturated rings. The number of hydrogen-bond acceptors (Lipinski definition) is 4. The van der Waals surface area contributed by atoms with Crippen molar-refractivity contribution >= 4 is 29.3 Å². The predicted molar refractivity (Wildman–Crippen MR) is 89.4 cm³/mol. The number of fused-ring (bicyclic) bond motifs is 5. The fourth-order valence-electron chi connectivity index (χ4n) is 4.09. The molecule has 1 aromatic carbocycles. The Bertz CT molecular complexity index is 776. The lowest BCUT2D eigenvalue weighted by Crippen LogP contribution is -2.48. The van der Waals surface area contributed by atoms with E-state index in [4.69, 9.17) is 16.3 Å². The molecule has 4 atom stereocenters. The first kappa shape index (κ1) is 16.1. The summed E-state index contributed by atoms with van der Waals surface area (Å²) in [6.07, 6.45) is 4.87. The summed E-state index contributed by atoms with van der Waals surface area (Å²) >= 11 is 5.88. The van der Waals surface area contributed by atoms with Crippen LogP contribution in [0.25, 0.3) is 0 Å². The number of imide groups is 1. The van der Waals surface area contributed by atoms with Crippen LogP contribution in [0.5, 0.6) is 5.75 Å². The molecule has 4 rings (SSSR count). The van der Waals surface area contributed by atoms with Gasteiger partial charge in [-0.3, -0.25) is 19.8 Å². The van der Waals surface area contributed by atoms with Crippen LogP contribution in [0.15, 0.2) is 30.4 Å². The second kappa shape index (κ2) is 5.88. The maximum absolute atomic E-state index is 12.5. The number of carbonyl (C=O) groups is 3. The van der Waals surface area contributed by atoms with Gasteiger partial charge in [0.1, 0.15) is 5.75 Å². The summed E-state index contributed by atoms with van der Waals surface area (Å²) in [5, 5.41) is 1.46. The minimum atomic E-state index is -0.545. The molecule has 0 unspecified atom stereocenters. The van der Waals surface area contributed by atoms with Crippen LogP contribution in [0, 0.1) is 30.6 Å². The number of halogens is 1. The topological polar surface area (TPSA) is 75.7 Å². The van der Waals surface area contributed by atoms with Gasteiger partial charge in [-0.25, -0.2) is 0 Å². The van der Waals surface area contributed by atoms with E-state index in [0.717, 1.165) is 17.0 Å². The van der Waals surface area contributed by atoms with Gasteiger partial charge >= 0.3 is 0 Å². The van der Waals surface area contributed by atoms with Gasteiger partial charge < -0.3 is 4.74 Å². The molecule has 3 amide bonds. The molecule has 25 heavy (non-hydrogen) atoms. The molecule has 2 aliphatic carbocycles. The van der Waals surface area contributed by atoms with Crippen LogP contribution in [0.2, 0.25) is 5.02 Å². The third-order valence-electron chi connectivity index (χ3n) is 5.20. The maximum atomic E-state index is 12.5. The maximum Gasteiger partial charge on any atom is 0.276 e. The number of benzene rings is 1. The first-order chi connectivity index (χ1) is 12.0. The Morgan fingerprint density at radius 3 is 2.48 bits per heavy atom. The third kappa shape index (κ3) is 2.61. The van der Waals surface area contributed by atoms with Gasteiger partial charge in [0, 0.05) is 5.02 Å². The first-order valence-corrected chi connectivity index (χ1v) is 8.58. The van der Waals surface area contributed by atoms with Crippen molar-refractivity contribution in [2.24, 2.45) is 23.7 Å². The van der Waals surface area contributed by atoms with Gasteiger partial charge in [0.2, 0.25) is 0 Å². The summed E-state index contributed by atoms with van der Waals surface area (Å²) in [5.74, 6) is -1.09. The number of hydrazine groups is 1. The first-order valence-electron chi connectivity index (χ1n) is 8.20. The number of aryl methyl sites for hydroxylation is 1. The molecule has 3 aliphatic rings.